The number of nitrogens with one attached hydrogen (secondary N) is 1. The van der Waals surface area contributed by atoms with E-state index >= 15 is 0 Å². The molecule has 0 spiro atoms. The molecular formula is C18H17BrN4O3S2. The van der Waals surface area contributed by atoms with Gasteiger partial charge >= 0.3 is 0 Å². The number of hydrogen-bond acceptors (Lipinski definition) is 7. The summed E-state index contributed by atoms with van der Waals surface area (Å²) in [5, 5.41) is 3.10. The third-order valence-corrected chi connectivity index (χ3v) is 7.72. The molecule has 0 amide bonds. The van der Waals surface area contributed by atoms with Gasteiger partial charge in [0.05, 0.1) is 32.5 Å². The molecule has 0 radical (unpaired) electrons. The van der Waals surface area contributed by atoms with Crippen LogP contribution in [0.25, 0.3) is 10.6 Å². The SMILES string of the molecule is O=S(=O)(c1cccc(Nc2nccc(-c3ccc(Br)s3)n2)c1)N1CCOCC1. The van der Waals surface area contributed by atoms with Crippen LogP contribution in [0.2, 0.25) is 0 Å². The average molecular weight is 481 g/mol. The number of sulfonamides is 1. The van der Waals surface area contributed by atoms with Crippen LogP contribution in [-0.2, 0) is 14.8 Å². The first-order valence-corrected chi connectivity index (χ1v) is 11.6. The number of hydrogen-bond donors (Lipinski definition) is 1. The van der Waals surface area contributed by atoms with E-state index in [1.165, 1.54) is 4.31 Å². The van der Waals surface area contributed by atoms with Crippen molar-refractivity contribution >= 4 is 48.9 Å². The number of nitrogens with zero attached hydrogens (tertiary/aromatic N) is 3. The van der Waals surface area contributed by atoms with Gasteiger partial charge in [-0.05, 0) is 52.3 Å². The van der Waals surface area contributed by atoms with Gasteiger partial charge in [-0.1, -0.05) is 6.07 Å². The highest BCUT2D eigenvalue weighted by Crippen LogP contribution is 2.30. The van der Waals surface area contributed by atoms with Crippen LogP contribution in [0.1, 0.15) is 0 Å². The highest BCUT2D eigenvalue weighted by atomic mass is 79.9. The highest BCUT2D eigenvalue weighted by Gasteiger charge is 2.26. The second-order valence-electron chi connectivity index (χ2n) is 6.04. The van der Waals surface area contributed by atoms with E-state index in [2.05, 4.69) is 31.2 Å². The lowest BCUT2D eigenvalue weighted by Crippen LogP contribution is -2.40. The molecule has 28 heavy (non-hydrogen) atoms. The van der Waals surface area contributed by atoms with Crippen LogP contribution in [-0.4, -0.2) is 49.0 Å². The van der Waals surface area contributed by atoms with E-state index in [0.29, 0.717) is 37.9 Å². The number of anilines is 2. The monoisotopic (exact) mass is 480 g/mol. The van der Waals surface area contributed by atoms with Crippen molar-refractivity contribution in [2.75, 3.05) is 31.6 Å². The first-order valence-electron chi connectivity index (χ1n) is 8.56. The van der Waals surface area contributed by atoms with Crippen LogP contribution >= 0.6 is 27.3 Å². The van der Waals surface area contributed by atoms with Gasteiger partial charge in [0.2, 0.25) is 16.0 Å². The van der Waals surface area contributed by atoms with Crippen molar-refractivity contribution in [3.8, 4) is 10.6 Å². The van der Waals surface area contributed by atoms with Crippen molar-refractivity contribution in [2.24, 2.45) is 0 Å². The minimum absolute atomic E-state index is 0.234. The molecule has 0 saturated carbocycles. The molecule has 4 rings (SSSR count). The van der Waals surface area contributed by atoms with Crippen LogP contribution in [0, 0.1) is 0 Å². The molecule has 0 unspecified atom stereocenters. The summed E-state index contributed by atoms with van der Waals surface area (Å²) < 4.78 is 33.4. The van der Waals surface area contributed by atoms with E-state index in [1.54, 1.807) is 41.8 Å². The van der Waals surface area contributed by atoms with Gasteiger partial charge in [-0.15, -0.1) is 11.3 Å². The predicted octanol–water partition coefficient (Wildman–Crippen LogP) is 3.73. The molecule has 1 aromatic carbocycles. The van der Waals surface area contributed by atoms with Gasteiger partial charge in [0.1, 0.15) is 0 Å². The normalized spacial score (nSPS) is 15.5. The fourth-order valence-electron chi connectivity index (χ4n) is 2.81. The number of thiophene rings is 1. The van der Waals surface area contributed by atoms with Crippen LogP contribution in [0.4, 0.5) is 11.6 Å². The van der Waals surface area contributed by atoms with Gasteiger partial charge in [-0.25, -0.2) is 18.4 Å². The van der Waals surface area contributed by atoms with Crippen molar-refractivity contribution in [3.05, 3.63) is 52.4 Å². The van der Waals surface area contributed by atoms with E-state index in [9.17, 15) is 8.42 Å². The Kier molecular flexibility index (Phi) is 5.74. The van der Waals surface area contributed by atoms with E-state index in [-0.39, 0.29) is 4.90 Å². The minimum Gasteiger partial charge on any atom is -0.379 e. The van der Waals surface area contributed by atoms with Gasteiger partial charge in [0.25, 0.3) is 0 Å². The fourth-order valence-corrected chi connectivity index (χ4v) is 5.62. The Morgan fingerprint density at radius 2 is 1.96 bits per heavy atom. The first kappa shape index (κ1) is 19.5. The molecule has 1 aliphatic rings. The van der Waals surface area contributed by atoms with Gasteiger partial charge in [0, 0.05) is 25.0 Å². The van der Waals surface area contributed by atoms with Gasteiger partial charge < -0.3 is 10.1 Å². The molecule has 3 heterocycles. The molecule has 1 saturated heterocycles. The zero-order chi connectivity index (χ0) is 19.6. The Morgan fingerprint density at radius 1 is 1.14 bits per heavy atom. The Bertz CT molecular complexity index is 1080. The molecule has 146 valence electrons. The Labute approximate surface area is 175 Å². The van der Waals surface area contributed by atoms with Gasteiger partial charge in [-0.2, -0.15) is 4.31 Å². The van der Waals surface area contributed by atoms with Crippen molar-refractivity contribution < 1.29 is 13.2 Å². The number of rotatable bonds is 5. The fraction of sp³-hybridized carbons (Fsp3) is 0.222. The third-order valence-electron chi connectivity index (χ3n) is 4.18. The molecule has 0 bridgehead atoms. The molecule has 3 aromatic rings. The number of morpholine rings is 1. The van der Waals surface area contributed by atoms with Crippen LogP contribution in [0.15, 0.2) is 57.3 Å². The summed E-state index contributed by atoms with van der Waals surface area (Å²) in [7, 11) is -3.56. The lowest BCUT2D eigenvalue weighted by atomic mass is 10.3. The third kappa shape index (κ3) is 4.26. The summed E-state index contributed by atoms with van der Waals surface area (Å²) >= 11 is 5.03. The summed E-state index contributed by atoms with van der Waals surface area (Å²) in [5.74, 6) is 0.406. The molecule has 7 nitrogen and oxygen atoms in total. The molecule has 0 aliphatic carbocycles. The van der Waals surface area contributed by atoms with Crippen LogP contribution in [0.3, 0.4) is 0 Å². The summed E-state index contributed by atoms with van der Waals surface area (Å²) in [5.41, 5.74) is 1.41. The second kappa shape index (κ2) is 8.26. The number of ether oxygens (including phenoxy) is 1. The quantitative estimate of drug-likeness (QED) is 0.598. The van der Waals surface area contributed by atoms with Crippen molar-refractivity contribution in [3.63, 3.8) is 0 Å². The van der Waals surface area contributed by atoms with Gasteiger partial charge in [-0.3, -0.25) is 0 Å². The van der Waals surface area contributed by atoms with Crippen LogP contribution < -0.4 is 5.32 Å². The Balaban J connectivity index is 1.57. The topological polar surface area (TPSA) is 84.4 Å². The molecule has 10 heteroatoms. The predicted molar refractivity (Wildman–Crippen MR) is 112 cm³/mol. The molecule has 2 aromatic heterocycles. The molecular weight excluding hydrogens is 464 g/mol. The van der Waals surface area contributed by atoms with Gasteiger partial charge in [0.15, 0.2) is 0 Å². The van der Waals surface area contributed by atoms with Crippen LogP contribution in [0.5, 0.6) is 0 Å². The second-order valence-corrected chi connectivity index (χ2v) is 10.4. The number of halogens is 1. The highest BCUT2D eigenvalue weighted by molar-refractivity contribution is 9.11. The Hall–Kier alpha value is -1.85. The average Bonchev–Trinajstić information content (AvgIpc) is 3.15. The zero-order valence-corrected chi connectivity index (χ0v) is 17.9. The smallest absolute Gasteiger partial charge is 0.243 e. The summed E-state index contributed by atoms with van der Waals surface area (Å²) in [4.78, 5) is 10.0. The van der Waals surface area contributed by atoms with Crippen molar-refractivity contribution in [1.82, 2.24) is 14.3 Å². The lowest BCUT2D eigenvalue weighted by Gasteiger charge is -2.26. The Morgan fingerprint density at radius 3 is 2.71 bits per heavy atom. The van der Waals surface area contributed by atoms with Crippen molar-refractivity contribution in [1.29, 1.82) is 0 Å². The largest absolute Gasteiger partial charge is 0.379 e. The van der Waals surface area contributed by atoms with E-state index in [0.717, 1.165) is 14.4 Å². The summed E-state index contributed by atoms with van der Waals surface area (Å²) in [6.07, 6.45) is 1.67. The first-order chi connectivity index (χ1) is 13.5. The number of aromatic nitrogens is 2. The molecule has 0 atom stereocenters. The minimum atomic E-state index is -3.56. The molecule has 1 fully saturated rings. The molecule has 1 N–H and O–H groups in total. The van der Waals surface area contributed by atoms with Crippen molar-refractivity contribution in [2.45, 2.75) is 4.90 Å². The van der Waals surface area contributed by atoms with E-state index in [1.807, 2.05) is 18.2 Å². The summed E-state index contributed by atoms with van der Waals surface area (Å²) in [6.45, 7) is 1.55. The zero-order valence-electron chi connectivity index (χ0n) is 14.7. The maximum Gasteiger partial charge on any atom is 0.243 e. The standard InChI is InChI=1S/C18H17BrN4O3S2/c19-17-5-4-16(27-17)15-6-7-20-18(22-15)21-13-2-1-3-14(12-13)28(24,25)23-8-10-26-11-9-23/h1-7,12H,8-11H2,(H,20,21,22). The van der Waals surface area contributed by atoms with E-state index in [4.69, 9.17) is 4.74 Å². The number of benzene rings is 1. The lowest BCUT2D eigenvalue weighted by molar-refractivity contribution is 0.0730. The maximum atomic E-state index is 12.8. The maximum absolute atomic E-state index is 12.8. The van der Waals surface area contributed by atoms with E-state index < -0.39 is 10.0 Å². The summed E-state index contributed by atoms with van der Waals surface area (Å²) in [6, 6.07) is 12.5. The molecule has 1 aliphatic heterocycles.